The van der Waals surface area contributed by atoms with Crippen LogP contribution in [0.2, 0.25) is 0 Å². The van der Waals surface area contributed by atoms with Gasteiger partial charge in [0.1, 0.15) is 5.75 Å². The number of alkyl halides is 3. The van der Waals surface area contributed by atoms with Gasteiger partial charge >= 0.3 is 6.18 Å². The Balaban J connectivity index is 2.19. The maximum atomic E-state index is 12.2. The number of fused-ring (bicyclic) bond motifs is 1. The van der Waals surface area contributed by atoms with E-state index in [0.29, 0.717) is 5.56 Å². The van der Waals surface area contributed by atoms with Gasteiger partial charge in [-0.15, -0.1) is 0 Å². The van der Waals surface area contributed by atoms with E-state index in [1.165, 1.54) is 0 Å². The van der Waals surface area contributed by atoms with Gasteiger partial charge in [0.2, 0.25) is 0 Å². The molecular formula is C15H16F3NO. The molecule has 2 aromatic rings. The largest absolute Gasteiger partial charge is 0.497 e. The SMILES string of the molecule is COc1ccc2cc(C(N)CCC(F)(F)F)ccc2c1. The molecule has 2 aromatic carbocycles. The van der Waals surface area contributed by atoms with E-state index < -0.39 is 18.6 Å². The quantitative estimate of drug-likeness (QED) is 0.913. The molecule has 0 aromatic heterocycles. The fourth-order valence-electron chi connectivity index (χ4n) is 2.09. The van der Waals surface area contributed by atoms with Crippen LogP contribution in [0.3, 0.4) is 0 Å². The second kappa shape index (κ2) is 5.71. The number of hydrogen-bond acceptors (Lipinski definition) is 2. The van der Waals surface area contributed by atoms with Crippen molar-refractivity contribution in [3.63, 3.8) is 0 Å². The van der Waals surface area contributed by atoms with Crippen LogP contribution in [-0.4, -0.2) is 13.3 Å². The zero-order chi connectivity index (χ0) is 14.8. The first-order valence-corrected chi connectivity index (χ1v) is 6.29. The first-order chi connectivity index (χ1) is 9.39. The molecule has 0 heterocycles. The second-order valence-electron chi connectivity index (χ2n) is 4.73. The smallest absolute Gasteiger partial charge is 0.389 e. The lowest BCUT2D eigenvalue weighted by Gasteiger charge is -2.14. The van der Waals surface area contributed by atoms with Gasteiger partial charge in [-0.2, -0.15) is 13.2 Å². The first-order valence-electron chi connectivity index (χ1n) is 6.29. The van der Waals surface area contributed by atoms with Crippen LogP contribution in [0, 0.1) is 0 Å². The summed E-state index contributed by atoms with van der Waals surface area (Å²) >= 11 is 0. The molecule has 0 spiro atoms. The van der Waals surface area contributed by atoms with Gasteiger partial charge in [-0.25, -0.2) is 0 Å². The zero-order valence-corrected chi connectivity index (χ0v) is 11.1. The van der Waals surface area contributed by atoms with E-state index in [4.69, 9.17) is 10.5 Å². The second-order valence-corrected chi connectivity index (χ2v) is 4.73. The Morgan fingerprint density at radius 2 is 1.75 bits per heavy atom. The molecule has 0 radical (unpaired) electrons. The van der Waals surface area contributed by atoms with E-state index in [2.05, 4.69) is 0 Å². The predicted molar refractivity (Wildman–Crippen MR) is 72.7 cm³/mol. The molecule has 2 rings (SSSR count). The summed E-state index contributed by atoms with van der Waals surface area (Å²) in [6, 6.07) is 10.4. The lowest BCUT2D eigenvalue weighted by atomic mass is 9.99. The maximum absolute atomic E-state index is 12.2. The van der Waals surface area contributed by atoms with Crippen molar-refractivity contribution in [3.8, 4) is 5.75 Å². The Labute approximate surface area is 115 Å². The van der Waals surface area contributed by atoms with E-state index in [1.807, 2.05) is 30.3 Å². The third-order valence-corrected chi connectivity index (χ3v) is 3.24. The van der Waals surface area contributed by atoms with Crippen molar-refractivity contribution < 1.29 is 17.9 Å². The summed E-state index contributed by atoms with van der Waals surface area (Å²) < 4.78 is 41.7. The summed E-state index contributed by atoms with van der Waals surface area (Å²) in [6.07, 6.45) is -5.14. The minimum atomic E-state index is -4.16. The number of rotatable bonds is 4. The standard InChI is InChI=1S/C15H16F3NO/c1-20-13-5-4-10-8-12(3-2-11(10)9-13)14(19)6-7-15(16,17)18/h2-5,8-9,14H,6-7,19H2,1H3. The van der Waals surface area contributed by atoms with Crippen molar-refractivity contribution in [1.82, 2.24) is 0 Å². The highest BCUT2D eigenvalue weighted by Crippen LogP contribution is 2.28. The zero-order valence-electron chi connectivity index (χ0n) is 11.1. The lowest BCUT2D eigenvalue weighted by molar-refractivity contribution is -0.136. The molecule has 2 nitrogen and oxygen atoms in total. The van der Waals surface area contributed by atoms with Gasteiger partial charge in [0, 0.05) is 12.5 Å². The monoisotopic (exact) mass is 283 g/mol. The van der Waals surface area contributed by atoms with Gasteiger partial charge in [0.15, 0.2) is 0 Å². The highest BCUT2D eigenvalue weighted by Gasteiger charge is 2.27. The molecule has 1 unspecified atom stereocenters. The van der Waals surface area contributed by atoms with Gasteiger partial charge in [-0.1, -0.05) is 18.2 Å². The summed E-state index contributed by atoms with van der Waals surface area (Å²) in [5, 5.41) is 1.90. The van der Waals surface area contributed by atoms with Crippen molar-refractivity contribution in [2.75, 3.05) is 7.11 Å². The van der Waals surface area contributed by atoms with Gasteiger partial charge in [0.05, 0.1) is 7.11 Å². The molecule has 0 saturated carbocycles. The highest BCUT2D eigenvalue weighted by molar-refractivity contribution is 5.84. The molecular weight excluding hydrogens is 267 g/mol. The number of halogens is 3. The van der Waals surface area contributed by atoms with Crippen LogP contribution in [0.4, 0.5) is 13.2 Å². The Kier molecular flexibility index (Phi) is 4.18. The van der Waals surface area contributed by atoms with E-state index in [-0.39, 0.29) is 6.42 Å². The predicted octanol–water partition coefficient (Wildman–Crippen LogP) is 4.19. The Morgan fingerprint density at radius 3 is 2.40 bits per heavy atom. The molecule has 0 amide bonds. The summed E-state index contributed by atoms with van der Waals surface area (Å²) in [4.78, 5) is 0. The van der Waals surface area contributed by atoms with Crippen molar-refractivity contribution >= 4 is 10.8 Å². The van der Waals surface area contributed by atoms with Gasteiger partial charge in [-0.3, -0.25) is 0 Å². The molecule has 0 aliphatic carbocycles. The first kappa shape index (κ1) is 14.7. The molecule has 108 valence electrons. The van der Waals surface area contributed by atoms with Crippen molar-refractivity contribution in [1.29, 1.82) is 0 Å². The average Bonchev–Trinajstić information content (AvgIpc) is 2.42. The Hall–Kier alpha value is -1.75. The van der Waals surface area contributed by atoms with Gasteiger partial charge < -0.3 is 10.5 Å². The molecule has 0 aliphatic rings. The maximum Gasteiger partial charge on any atom is 0.389 e. The van der Waals surface area contributed by atoms with Crippen LogP contribution in [0.25, 0.3) is 10.8 Å². The lowest BCUT2D eigenvalue weighted by Crippen LogP contribution is -2.15. The van der Waals surface area contributed by atoms with E-state index in [1.54, 1.807) is 13.2 Å². The van der Waals surface area contributed by atoms with E-state index >= 15 is 0 Å². The third-order valence-electron chi connectivity index (χ3n) is 3.24. The highest BCUT2D eigenvalue weighted by atomic mass is 19.4. The van der Waals surface area contributed by atoms with Crippen LogP contribution < -0.4 is 10.5 Å². The Bertz CT molecular complexity index is 595. The molecule has 0 bridgehead atoms. The normalized spacial score (nSPS) is 13.4. The van der Waals surface area contributed by atoms with Crippen LogP contribution in [0.15, 0.2) is 36.4 Å². The average molecular weight is 283 g/mol. The summed E-state index contributed by atoms with van der Waals surface area (Å²) in [6.45, 7) is 0. The number of benzene rings is 2. The topological polar surface area (TPSA) is 35.2 Å². The molecule has 0 fully saturated rings. The van der Waals surface area contributed by atoms with Gasteiger partial charge in [0.25, 0.3) is 0 Å². The number of ether oxygens (including phenoxy) is 1. The molecule has 20 heavy (non-hydrogen) atoms. The fourth-order valence-corrected chi connectivity index (χ4v) is 2.09. The molecule has 0 saturated heterocycles. The van der Waals surface area contributed by atoms with Crippen molar-refractivity contribution in [2.24, 2.45) is 5.73 Å². The number of nitrogens with two attached hydrogens (primary N) is 1. The minimum absolute atomic E-state index is 0.106. The van der Waals surface area contributed by atoms with Crippen LogP contribution in [0.1, 0.15) is 24.4 Å². The number of hydrogen-bond donors (Lipinski definition) is 1. The minimum Gasteiger partial charge on any atom is -0.497 e. The van der Waals surface area contributed by atoms with Crippen molar-refractivity contribution in [3.05, 3.63) is 42.0 Å². The summed E-state index contributed by atoms with van der Waals surface area (Å²) in [5.74, 6) is 0.742. The Morgan fingerprint density at radius 1 is 1.10 bits per heavy atom. The van der Waals surface area contributed by atoms with E-state index in [0.717, 1.165) is 16.5 Å². The van der Waals surface area contributed by atoms with Gasteiger partial charge in [-0.05, 0) is 41.0 Å². The molecule has 5 heteroatoms. The van der Waals surface area contributed by atoms with Crippen LogP contribution in [0.5, 0.6) is 5.75 Å². The molecule has 1 atom stereocenters. The van der Waals surface area contributed by atoms with Crippen molar-refractivity contribution in [2.45, 2.75) is 25.1 Å². The fraction of sp³-hybridized carbons (Fsp3) is 0.333. The summed E-state index contributed by atoms with van der Waals surface area (Å²) in [5.41, 5.74) is 6.54. The molecule has 0 aliphatic heterocycles. The third kappa shape index (κ3) is 3.63. The van der Waals surface area contributed by atoms with Crippen LogP contribution >= 0.6 is 0 Å². The number of methoxy groups -OCH3 is 1. The van der Waals surface area contributed by atoms with Crippen LogP contribution in [-0.2, 0) is 0 Å². The van der Waals surface area contributed by atoms with E-state index in [9.17, 15) is 13.2 Å². The molecule has 2 N–H and O–H groups in total. The summed E-state index contributed by atoms with van der Waals surface area (Å²) in [7, 11) is 1.59.